The molecule has 0 fully saturated rings. The van der Waals surface area contributed by atoms with Crippen molar-refractivity contribution >= 4 is 99.6 Å². The molecule has 1 heterocycles. The number of carbonyl (C=O) groups is 1. The summed E-state index contributed by atoms with van der Waals surface area (Å²) in [5.74, 6) is -0.793. The minimum atomic E-state index is -0.793. The molecule has 0 aliphatic rings. The first-order valence-corrected chi connectivity index (χ1v) is 10.8. The highest BCUT2D eigenvalue weighted by atomic mass is 79.9. The number of nitrogens with one attached hydrogen (secondary N) is 1. The lowest BCUT2D eigenvalue weighted by molar-refractivity contribution is 0.102. The summed E-state index contributed by atoms with van der Waals surface area (Å²) < 4.78 is 66.7. The molecule has 2 aromatic rings. The van der Waals surface area contributed by atoms with Crippen molar-refractivity contribution in [2.45, 2.75) is 24.5 Å². The number of rotatable bonds is 7. The van der Waals surface area contributed by atoms with Crippen molar-refractivity contribution in [3.8, 4) is 0 Å². The number of hydrogen-bond acceptors (Lipinski definition) is 8. The Morgan fingerprint density at radius 1 is 0.920 bits per heavy atom. The number of hydrogen-bond donors (Lipinski definition) is 1. The molecule has 0 aliphatic heterocycles. The SMILES string of the molecule is O=C(Nc1c(SF)c(SF)c(SF)c(SF)c1SF)c1cnc(Br)s1. The molecule has 15 heteroatoms. The van der Waals surface area contributed by atoms with Crippen molar-refractivity contribution in [2.24, 2.45) is 0 Å². The summed E-state index contributed by atoms with van der Waals surface area (Å²) in [6, 6.07) is 0. The van der Waals surface area contributed by atoms with Gasteiger partial charge in [-0.25, -0.2) is 4.98 Å². The summed E-state index contributed by atoms with van der Waals surface area (Å²) in [6.45, 7) is 0. The van der Waals surface area contributed by atoms with E-state index in [2.05, 4.69) is 26.2 Å². The second kappa shape index (κ2) is 9.94. The third-order valence-electron chi connectivity index (χ3n) is 2.60. The van der Waals surface area contributed by atoms with Crippen LogP contribution >= 0.6 is 88.0 Å². The van der Waals surface area contributed by atoms with Gasteiger partial charge in [-0.3, -0.25) is 4.79 Å². The number of halogens is 6. The normalized spacial score (nSPS) is 11.0. The van der Waals surface area contributed by atoms with Crippen molar-refractivity contribution in [1.82, 2.24) is 4.98 Å². The standard InChI is InChI=1S/C10H2BrF5N2OS6/c11-10-17-1-2(20-10)9(19)18-3-4(21-12)6(23-14)8(25-16)7(24-15)5(3)22-13/h1H,(H,18,19). The summed E-state index contributed by atoms with van der Waals surface area (Å²) in [5, 5.41) is 2.21. The van der Waals surface area contributed by atoms with Crippen LogP contribution in [-0.2, 0) is 0 Å². The van der Waals surface area contributed by atoms with Crippen LogP contribution in [0.3, 0.4) is 0 Å². The first-order valence-electron chi connectivity index (χ1n) is 5.61. The first kappa shape index (κ1) is 21.5. The van der Waals surface area contributed by atoms with E-state index in [9.17, 15) is 24.2 Å². The maximum absolute atomic E-state index is 13.4. The Bertz CT molecular complexity index is 760. The van der Waals surface area contributed by atoms with Crippen molar-refractivity contribution in [1.29, 1.82) is 0 Å². The van der Waals surface area contributed by atoms with Crippen LogP contribution in [0.1, 0.15) is 9.67 Å². The predicted octanol–water partition coefficient (Wildman–Crippen LogP) is 8.04. The minimum absolute atomic E-state index is 0.0873. The first-order chi connectivity index (χ1) is 12.0. The molecule has 0 atom stereocenters. The summed E-state index contributed by atoms with van der Waals surface area (Å²) in [7, 11) is 0. The number of nitrogens with zero attached hydrogens (tertiary/aromatic N) is 1. The van der Waals surface area contributed by atoms with Gasteiger partial charge in [0.2, 0.25) is 0 Å². The van der Waals surface area contributed by atoms with Crippen molar-refractivity contribution in [3.05, 3.63) is 15.0 Å². The van der Waals surface area contributed by atoms with E-state index >= 15 is 0 Å². The topological polar surface area (TPSA) is 42.0 Å². The zero-order valence-corrected chi connectivity index (χ0v) is 17.6. The molecular weight excluding hydrogens is 531 g/mol. The smallest absolute Gasteiger partial charge is 0.267 e. The molecule has 1 aromatic carbocycles. The van der Waals surface area contributed by atoms with Crippen LogP contribution < -0.4 is 5.32 Å². The van der Waals surface area contributed by atoms with Gasteiger partial charge in [0.15, 0.2) is 3.92 Å². The number of aromatic nitrogens is 1. The largest absolute Gasteiger partial charge is 0.319 e. The fourth-order valence-electron chi connectivity index (χ4n) is 1.64. The summed E-state index contributed by atoms with van der Waals surface area (Å²) >= 11 is 1.32. The van der Waals surface area contributed by atoms with Crippen LogP contribution in [-0.4, -0.2) is 10.9 Å². The zero-order chi connectivity index (χ0) is 18.6. The Hall–Kier alpha value is 0.200. The van der Waals surface area contributed by atoms with Crippen molar-refractivity contribution in [3.63, 3.8) is 0 Å². The Morgan fingerprint density at radius 3 is 1.72 bits per heavy atom. The Labute approximate surface area is 172 Å². The summed E-state index contributed by atoms with van der Waals surface area (Å²) in [5.41, 5.74) is -0.493. The fraction of sp³-hybridized carbons (Fsp3) is 0. The molecule has 1 aromatic heterocycles. The van der Waals surface area contributed by atoms with Crippen LogP contribution in [0, 0.1) is 0 Å². The molecule has 3 nitrogen and oxygen atoms in total. The van der Waals surface area contributed by atoms with E-state index in [1.807, 2.05) is 0 Å². The van der Waals surface area contributed by atoms with Gasteiger partial charge in [-0.15, -0.1) is 11.3 Å². The second-order valence-electron chi connectivity index (χ2n) is 3.84. The summed E-state index contributed by atoms with van der Waals surface area (Å²) in [4.78, 5) is 13.2. The fourth-order valence-corrected chi connectivity index (χ4v) is 5.66. The molecule has 0 spiro atoms. The van der Waals surface area contributed by atoms with Crippen molar-refractivity contribution < 1.29 is 24.2 Å². The van der Waals surface area contributed by atoms with E-state index in [0.717, 1.165) is 11.3 Å². The molecule has 0 bridgehead atoms. The average Bonchev–Trinajstić information content (AvgIpc) is 3.06. The van der Waals surface area contributed by atoms with Crippen LogP contribution in [0.4, 0.5) is 25.1 Å². The van der Waals surface area contributed by atoms with E-state index in [1.165, 1.54) is 6.20 Å². The molecule has 0 radical (unpaired) electrons. The molecule has 0 aliphatic carbocycles. The van der Waals surface area contributed by atoms with E-state index in [4.69, 9.17) is 0 Å². The molecule has 0 saturated heterocycles. The van der Waals surface area contributed by atoms with E-state index in [0.29, 0.717) is 3.92 Å². The Balaban J connectivity index is 2.63. The quantitative estimate of drug-likeness (QED) is 0.361. The number of carbonyl (C=O) groups excluding carboxylic acids is 1. The van der Waals surface area contributed by atoms with Crippen LogP contribution in [0.2, 0.25) is 0 Å². The average molecular weight is 533 g/mol. The Morgan fingerprint density at radius 2 is 1.36 bits per heavy atom. The van der Waals surface area contributed by atoms with E-state index in [1.54, 1.807) is 0 Å². The van der Waals surface area contributed by atoms with Crippen LogP contribution in [0.25, 0.3) is 0 Å². The van der Waals surface area contributed by atoms with E-state index < -0.39 is 96.8 Å². The number of thiazole rings is 1. The van der Waals surface area contributed by atoms with Gasteiger partial charge >= 0.3 is 0 Å². The molecule has 0 unspecified atom stereocenters. The molecule has 1 amide bonds. The summed E-state index contributed by atoms with van der Waals surface area (Å²) in [6.07, 6.45) is 1.20. The highest BCUT2D eigenvalue weighted by molar-refractivity contribution is 9.11. The van der Waals surface area contributed by atoms with Gasteiger partial charge in [-0.05, 0) is 15.9 Å². The lowest BCUT2D eigenvalue weighted by atomic mass is 10.3. The Kier molecular flexibility index (Phi) is 8.55. The lowest BCUT2D eigenvalue weighted by Crippen LogP contribution is -2.12. The lowest BCUT2D eigenvalue weighted by Gasteiger charge is -2.17. The number of amides is 1. The van der Waals surface area contributed by atoms with Gasteiger partial charge in [0.25, 0.3) is 5.91 Å². The third kappa shape index (κ3) is 4.55. The highest BCUT2D eigenvalue weighted by Gasteiger charge is 2.29. The third-order valence-corrected chi connectivity index (χ3v) is 7.41. The van der Waals surface area contributed by atoms with E-state index in [-0.39, 0.29) is 4.88 Å². The monoisotopic (exact) mass is 532 g/mol. The minimum Gasteiger partial charge on any atom is -0.319 e. The highest BCUT2D eigenvalue weighted by Crippen LogP contribution is 2.54. The van der Waals surface area contributed by atoms with Crippen LogP contribution in [0.5, 0.6) is 0 Å². The van der Waals surface area contributed by atoms with Gasteiger partial charge < -0.3 is 5.32 Å². The van der Waals surface area contributed by atoms with Crippen molar-refractivity contribution in [2.75, 3.05) is 5.32 Å². The van der Waals surface area contributed by atoms with Gasteiger partial charge in [-0.1, -0.05) is 0 Å². The molecular formula is C10H2BrF5N2OS6. The zero-order valence-electron chi connectivity index (χ0n) is 11.2. The predicted molar refractivity (Wildman–Crippen MR) is 99.0 cm³/mol. The molecule has 25 heavy (non-hydrogen) atoms. The molecule has 0 saturated carbocycles. The van der Waals surface area contributed by atoms with Gasteiger partial charge in [0, 0.05) is 0 Å². The maximum Gasteiger partial charge on any atom is 0.267 e. The maximum atomic E-state index is 13.4. The van der Waals surface area contributed by atoms with Gasteiger partial charge in [0.1, 0.15) is 4.88 Å². The molecule has 1 N–H and O–H groups in total. The number of anilines is 1. The van der Waals surface area contributed by atoms with Crippen LogP contribution in [0.15, 0.2) is 34.6 Å². The number of benzene rings is 1. The molecule has 136 valence electrons. The van der Waals surface area contributed by atoms with Gasteiger partial charge in [-0.2, -0.15) is 19.4 Å². The molecule has 2 rings (SSSR count). The second-order valence-corrected chi connectivity index (χ2v) is 8.96. The van der Waals surface area contributed by atoms with Gasteiger partial charge in [0.05, 0.1) is 97.1 Å².